The van der Waals surface area contributed by atoms with Crippen molar-refractivity contribution in [2.24, 2.45) is 5.92 Å². The minimum atomic E-state index is -3.38. The molecule has 19 heavy (non-hydrogen) atoms. The molecule has 0 aliphatic carbocycles. The van der Waals surface area contributed by atoms with Crippen LogP contribution in [0.1, 0.15) is 18.4 Å². The number of rotatable bonds is 3. The maximum Gasteiger partial charge on any atom is 0.218 e. The lowest BCUT2D eigenvalue weighted by Crippen LogP contribution is -2.38. The van der Waals surface area contributed by atoms with Crippen LogP contribution in [0.5, 0.6) is 0 Å². The maximum atomic E-state index is 12.8. The predicted octanol–water partition coefficient (Wildman–Crippen LogP) is 1.89. The van der Waals surface area contributed by atoms with Gasteiger partial charge in [0.05, 0.1) is 11.8 Å². The normalized spacial score (nSPS) is 18.1. The molecule has 0 radical (unpaired) electrons. The Morgan fingerprint density at radius 3 is 2.37 bits per heavy atom. The molecule has 2 rings (SSSR count). The average Bonchev–Trinajstić information content (AvgIpc) is 2.41. The van der Waals surface area contributed by atoms with Gasteiger partial charge in [0.2, 0.25) is 10.0 Å². The number of benzene rings is 1. The molecule has 0 N–H and O–H groups in total. The van der Waals surface area contributed by atoms with Crippen LogP contribution in [0.4, 0.5) is 4.39 Å². The summed E-state index contributed by atoms with van der Waals surface area (Å²) in [6.07, 6.45) is 1.16. The molecule has 1 aromatic rings. The summed E-state index contributed by atoms with van der Waals surface area (Å²) in [5.41, 5.74) is 0.573. The van der Waals surface area contributed by atoms with E-state index in [1.54, 1.807) is 0 Å². The van der Waals surface area contributed by atoms with Crippen molar-refractivity contribution in [3.05, 3.63) is 35.6 Å². The fourth-order valence-electron chi connectivity index (χ4n) is 2.15. The third kappa shape index (κ3) is 3.52. The summed E-state index contributed by atoms with van der Waals surface area (Å²) in [5, 5.41) is 8.79. The second kappa shape index (κ2) is 5.68. The number of nitriles is 1. The van der Waals surface area contributed by atoms with Gasteiger partial charge in [-0.3, -0.25) is 0 Å². The van der Waals surface area contributed by atoms with Gasteiger partial charge in [-0.15, -0.1) is 0 Å². The van der Waals surface area contributed by atoms with E-state index >= 15 is 0 Å². The third-order valence-electron chi connectivity index (χ3n) is 3.29. The lowest BCUT2D eigenvalue weighted by atomic mass is 10.0. The van der Waals surface area contributed by atoms with Gasteiger partial charge in [0.15, 0.2) is 0 Å². The predicted molar refractivity (Wildman–Crippen MR) is 68.9 cm³/mol. The molecule has 6 heteroatoms. The Kier molecular flexibility index (Phi) is 4.17. The van der Waals surface area contributed by atoms with Crippen molar-refractivity contribution in [1.82, 2.24) is 4.31 Å². The van der Waals surface area contributed by atoms with Crippen molar-refractivity contribution in [2.75, 3.05) is 13.1 Å². The monoisotopic (exact) mass is 282 g/mol. The number of sulfonamides is 1. The lowest BCUT2D eigenvalue weighted by Gasteiger charge is -2.28. The molecule has 0 unspecified atom stereocenters. The number of piperidine rings is 1. The number of nitrogens with zero attached hydrogens (tertiary/aromatic N) is 2. The average molecular weight is 282 g/mol. The van der Waals surface area contributed by atoms with Crippen LogP contribution < -0.4 is 0 Å². The van der Waals surface area contributed by atoms with Crippen molar-refractivity contribution >= 4 is 10.0 Å². The number of hydrogen-bond acceptors (Lipinski definition) is 3. The van der Waals surface area contributed by atoms with Crippen molar-refractivity contribution in [3.8, 4) is 6.07 Å². The second-order valence-corrected chi connectivity index (χ2v) is 6.65. The van der Waals surface area contributed by atoms with Crippen molar-refractivity contribution in [2.45, 2.75) is 18.6 Å². The summed E-state index contributed by atoms with van der Waals surface area (Å²) in [5.74, 6) is -0.543. The lowest BCUT2D eigenvalue weighted by molar-refractivity contribution is 0.309. The van der Waals surface area contributed by atoms with Gasteiger partial charge in [-0.05, 0) is 30.5 Å². The molecule has 0 amide bonds. The first-order valence-electron chi connectivity index (χ1n) is 6.13. The molecule has 0 atom stereocenters. The van der Waals surface area contributed by atoms with Gasteiger partial charge in [0, 0.05) is 19.0 Å². The first kappa shape index (κ1) is 14.0. The highest BCUT2D eigenvalue weighted by atomic mass is 32.2. The maximum absolute atomic E-state index is 12.8. The van der Waals surface area contributed by atoms with Crippen molar-refractivity contribution < 1.29 is 12.8 Å². The van der Waals surface area contributed by atoms with Gasteiger partial charge in [0.25, 0.3) is 0 Å². The fraction of sp³-hybridized carbons (Fsp3) is 0.462. The molecule has 4 nitrogen and oxygen atoms in total. The Bertz CT molecular complexity index is 570. The first-order valence-corrected chi connectivity index (χ1v) is 7.74. The van der Waals surface area contributed by atoms with E-state index in [0.29, 0.717) is 31.5 Å². The molecule has 0 aromatic heterocycles. The highest BCUT2D eigenvalue weighted by Crippen LogP contribution is 2.21. The summed E-state index contributed by atoms with van der Waals surface area (Å²) < 4.78 is 38.6. The molecular formula is C13H15FN2O2S. The zero-order valence-electron chi connectivity index (χ0n) is 10.4. The summed E-state index contributed by atoms with van der Waals surface area (Å²) in [7, 11) is -3.38. The van der Waals surface area contributed by atoms with Crippen LogP contribution >= 0.6 is 0 Å². The molecule has 1 aliphatic heterocycles. The highest BCUT2D eigenvalue weighted by molar-refractivity contribution is 7.88. The molecule has 1 aliphatic rings. The van der Waals surface area contributed by atoms with Crippen LogP contribution in [0.2, 0.25) is 0 Å². The molecule has 1 fully saturated rings. The molecule has 1 aromatic carbocycles. The topological polar surface area (TPSA) is 61.2 Å². The van der Waals surface area contributed by atoms with E-state index in [9.17, 15) is 12.8 Å². The van der Waals surface area contributed by atoms with Crippen LogP contribution in [-0.2, 0) is 15.8 Å². The second-order valence-electron chi connectivity index (χ2n) is 4.69. The number of hydrogen-bond donors (Lipinski definition) is 0. The van der Waals surface area contributed by atoms with E-state index in [-0.39, 0.29) is 17.5 Å². The minimum absolute atomic E-state index is 0.0442. The fourth-order valence-corrected chi connectivity index (χ4v) is 3.71. The van der Waals surface area contributed by atoms with Gasteiger partial charge >= 0.3 is 0 Å². The van der Waals surface area contributed by atoms with Crippen LogP contribution in [0.15, 0.2) is 24.3 Å². The zero-order valence-corrected chi connectivity index (χ0v) is 11.2. The largest absolute Gasteiger partial charge is 0.218 e. The zero-order chi connectivity index (χ0) is 13.9. The van der Waals surface area contributed by atoms with Crippen LogP contribution in [0.3, 0.4) is 0 Å². The van der Waals surface area contributed by atoms with Gasteiger partial charge in [-0.2, -0.15) is 5.26 Å². The van der Waals surface area contributed by atoms with Gasteiger partial charge in [0.1, 0.15) is 5.82 Å². The standard InChI is InChI=1S/C13H15FN2O2S/c14-13-3-1-12(2-4-13)10-19(17,18)16-7-5-11(9-15)6-8-16/h1-4,11H,5-8,10H2. The van der Waals surface area contributed by atoms with Gasteiger partial charge in [-0.1, -0.05) is 12.1 Å². The Hall–Kier alpha value is -1.45. The minimum Gasteiger partial charge on any atom is -0.212 e. The number of halogens is 1. The van der Waals surface area contributed by atoms with E-state index < -0.39 is 10.0 Å². The quantitative estimate of drug-likeness (QED) is 0.850. The molecular weight excluding hydrogens is 267 g/mol. The highest BCUT2D eigenvalue weighted by Gasteiger charge is 2.27. The molecule has 0 spiro atoms. The molecule has 1 saturated heterocycles. The van der Waals surface area contributed by atoms with E-state index in [1.807, 2.05) is 0 Å². The molecule has 1 heterocycles. The Morgan fingerprint density at radius 2 is 1.84 bits per heavy atom. The van der Waals surface area contributed by atoms with Crippen molar-refractivity contribution in [1.29, 1.82) is 5.26 Å². The molecule has 102 valence electrons. The van der Waals surface area contributed by atoms with Gasteiger partial charge < -0.3 is 0 Å². The molecule has 0 saturated carbocycles. The summed E-state index contributed by atoms with van der Waals surface area (Å²) in [6.45, 7) is 0.781. The van der Waals surface area contributed by atoms with Crippen LogP contribution in [0, 0.1) is 23.1 Å². The van der Waals surface area contributed by atoms with Crippen molar-refractivity contribution in [3.63, 3.8) is 0 Å². The Morgan fingerprint density at radius 1 is 1.26 bits per heavy atom. The van der Waals surface area contributed by atoms with E-state index in [4.69, 9.17) is 5.26 Å². The third-order valence-corrected chi connectivity index (χ3v) is 5.14. The van der Waals surface area contributed by atoms with E-state index in [0.717, 1.165) is 0 Å². The Balaban J connectivity index is 2.03. The Labute approximate surface area is 112 Å². The summed E-state index contributed by atoms with van der Waals surface area (Å²) in [6, 6.07) is 7.64. The summed E-state index contributed by atoms with van der Waals surface area (Å²) >= 11 is 0. The van der Waals surface area contributed by atoms with E-state index in [2.05, 4.69) is 6.07 Å². The van der Waals surface area contributed by atoms with E-state index in [1.165, 1.54) is 28.6 Å². The smallest absolute Gasteiger partial charge is 0.212 e. The first-order chi connectivity index (χ1) is 9.01. The summed E-state index contributed by atoms with van der Waals surface area (Å²) in [4.78, 5) is 0. The van der Waals surface area contributed by atoms with Crippen LogP contribution in [0.25, 0.3) is 0 Å². The SMILES string of the molecule is N#CC1CCN(S(=O)(=O)Cc2ccc(F)cc2)CC1. The van der Waals surface area contributed by atoms with Gasteiger partial charge in [-0.25, -0.2) is 17.1 Å². The van der Waals surface area contributed by atoms with Crippen LogP contribution in [-0.4, -0.2) is 25.8 Å². The molecule has 0 bridgehead atoms.